The van der Waals surface area contributed by atoms with Crippen molar-refractivity contribution in [1.82, 2.24) is 4.98 Å². The molecule has 1 aromatic heterocycles. The van der Waals surface area contributed by atoms with Crippen LogP contribution in [0.25, 0.3) is 20.8 Å². The molecule has 0 fully saturated rings. The Morgan fingerprint density at radius 3 is 2.45 bits per heavy atom. The summed E-state index contributed by atoms with van der Waals surface area (Å²) in [6, 6.07) is 18.8. The van der Waals surface area contributed by atoms with Crippen LogP contribution in [0.15, 0.2) is 71.6 Å². The van der Waals surface area contributed by atoms with Crippen molar-refractivity contribution in [3.8, 4) is 10.6 Å². The number of carbonyl (C=O) groups is 1. The molecular weight excluding hydrogens is 408 g/mol. The molecule has 146 valence electrons. The highest BCUT2D eigenvalue weighted by atomic mass is 32.2. The van der Waals surface area contributed by atoms with Crippen molar-refractivity contribution in [2.75, 3.05) is 4.72 Å². The van der Waals surface area contributed by atoms with E-state index in [4.69, 9.17) is 0 Å². The summed E-state index contributed by atoms with van der Waals surface area (Å²) < 4.78 is 28.9. The Balaban J connectivity index is 1.59. The number of aromatic nitrogens is 1. The van der Waals surface area contributed by atoms with Crippen LogP contribution in [-0.2, 0) is 10.0 Å². The molecule has 4 aromatic rings. The zero-order chi connectivity index (χ0) is 20.6. The van der Waals surface area contributed by atoms with Gasteiger partial charge in [-0.3, -0.25) is 4.72 Å². The average Bonchev–Trinajstić information content (AvgIpc) is 3.12. The summed E-state index contributed by atoms with van der Waals surface area (Å²) in [4.78, 5) is 15.8. The molecular formula is C21H16N2O4S2. The predicted molar refractivity (Wildman–Crippen MR) is 114 cm³/mol. The van der Waals surface area contributed by atoms with Gasteiger partial charge < -0.3 is 5.11 Å². The van der Waals surface area contributed by atoms with Crippen molar-refractivity contribution in [1.29, 1.82) is 0 Å². The SMILES string of the molecule is Cc1ccc(S(=O)(=O)Nc2ccc(-c3nc4ccccc4s3)cc2)cc1C(=O)O. The van der Waals surface area contributed by atoms with Gasteiger partial charge in [-0.1, -0.05) is 18.2 Å². The molecule has 0 aliphatic heterocycles. The number of para-hydroxylation sites is 1. The number of fused-ring (bicyclic) bond motifs is 1. The zero-order valence-electron chi connectivity index (χ0n) is 15.3. The van der Waals surface area contributed by atoms with E-state index < -0.39 is 16.0 Å². The number of carboxylic acid groups (broad SMARTS) is 1. The van der Waals surface area contributed by atoms with Crippen molar-refractivity contribution in [2.45, 2.75) is 11.8 Å². The van der Waals surface area contributed by atoms with Gasteiger partial charge in [0.25, 0.3) is 10.0 Å². The minimum atomic E-state index is -3.91. The molecule has 1 heterocycles. The Labute approximate surface area is 171 Å². The second-order valence-electron chi connectivity index (χ2n) is 6.45. The molecule has 0 aliphatic carbocycles. The number of rotatable bonds is 5. The van der Waals surface area contributed by atoms with E-state index in [1.807, 2.05) is 24.3 Å². The lowest BCUT2D eigenvalue weighted by Gasteiger charge is -2.10. The van der Waals surface area contributed by atoms with Gasteiger partial charge in [0, 0.05) is 11.3 Å². The molecule has 0 spiro atoms. The van der Waals surface area contributed by atoms with E-state index in [1.165, 1.54) is 12.1 Å². The summed E-state index contributed by atoms with van der Waals surface area (Å²) >= 11 is 1.57. The molecule has 8 heteroatoms. The van der Waals surface area contributed by atoms with Gasteiger partial charge in [0.2, 0.25) is 0 Å². The Morgan fingerprint density at radius 1 is 1.03 bits per heavy atom. The molecule has 0 radical (unpaired) electrons. The number of nitrogens with one attached hydrogen (secondary N) is 1. The molecule has 2 N–H and O–H groups in total. The highest BCUT2D eigenvalue weighted by Crippen LogP contribution is 2.31. The fourth-order valence-electron chi connectivity index (χ4n) is 2.89. The van der Waals surface area contributed by atoms with Crippen LogP contribution in [0.1, 0.15) is 15.9 Å². The summed E-state index contributed by atoms with van der Waals surface area (Å²) in [5.41, 5.74) is 2.64. The molecule has 0 saturated heterocycles. The van der Waals surface area contributed by atoms with Crippen molar-refractivity contribution >= 4 is 43.2 Å². The molecule has 0 aliphatic rings. The second kappa shape index (κ2) is 7.31. The fourth-order valence-corrected chi connectivity index (χ4v) is 4.94. The van der Waals surface area contributed by atoms with Gasteiger partial charge in [0.1, 0.15) is 5.01 Å². The number of benzene rings is 3. The van der Waals surface area contributed by atoms with Crippen LogP contribution in [0.2, 0.25) is 0 Å². The first-order valence-electron chi connectivity index (χ1n) is 8.66. The first-order valence-corrected chi connectivity index (χ1v) is 11.0. The van der Waals surface area contributed by atoms with E-state index in [1.54, 1.807) is 42.5 Å². The van der Waals surface area contributed by atoms with Crippen molar-refractivity contribution < 1.29 is 18.3 Å². The van der Waals surface area contributed by atoms with Gasteiger partial charge in [-0.05, 0) is 61.0 Å². The molecule has 0 saturated carbocycles. The molecule has 0 amide bonds. The molecule has 29 heavy (non-hydrogen) atoms. The summed E-state index contributed by atoms with van der Waals surface area (Å²) in [5, 5.41) is 10.1. The highest BCUT2D eigenvalue weighted by molar-refractivity contribution is 7.92. The van der Waals surface area contributed by atoms with Crippen LogP contribution in [-0.4, -0.2) is 24.5 Å². The molecule has 0 atom stereocenters. The Morgan fingerprint density at radius 2 is 1.76 bits per heavy atom. The van der Waals surface area contributed by atoms with Gasteiger partial charge in [0.05, 0.1) is 20.7 Å². The maximum absolute atomic E-state index is 12.6. The number of hydrogen-bond donors (Lipinski definition) is 2. The minimum Gasteiger partial charge on any atom is -0.478 e. The lowest BCUT2D eigenvalue weighted by molar-refractivity contribution is 0.0696. The third kappa shape index (κ3) is 3.85. The zero-order valence-corrected chi connectivity index (χ0v) is 16.9. The minimum absolute atomic E-state index is 0.0425. The van der Waals surface area contributed by atoms with Crippen LogP contribution in [0, 0.1) is 6.92 Å². The predicted octanol–water partition coefficient (Wildman–Crippen LogP) is 4.77. The molecule has 3 aromatic carbocycles. The van der Waals surface area contributed by atoms with Crippen LogP contribution in [0.3, 0.4) is 0 Å². The normalized spacial score (nSPS) is 11.5. The number of hydrogen-bond acceptors (Lipinski definition) is 5. The number of sulfonamides is 1. The quantitative estimate of drug-likeness (QED) is 0.481. The standard InChI is InChI=1S/C21H16N2O4S2/c1-13-6-11-16(12-17(13)21(24)25)29(26,27)23-15-9-7-14(8-10-15)20-22-18-4-2-3-5-19(18)28-20/h2-12,23H,1H3,(H,24,25). The van der Waals surface area contributed by atoms with Crippen LogP contribution < -0.4 is 4.72 Å². The summed E-state index contributed by atoms with van der Waals surface area (Å²) in [7, 11) is -3.91. The molecule has 6 nitrogen and oxygen atoms in total. The van der Waals surface area contributed by atoms with Gasteiger partial charge >= 0.3 is 5.97 Å². The first-order chi connectivity index (χ1) is 13.8. The number of aryl methyl sites for hydroxylation is 1. The van der Waals surface area contributed by atoms with Crippen LogP contribution in [0.4, 0.5) is 5.69 Å². The largest absolute Gasteiger partial charge is 0.478 e. The van der Waals surface area contributed by atoms with E-state index in [0.717, 1.165) is 26.9 Å². The smallest absolute Gasteiger partial charge is 0.335 e. The van der Waals surface area contributed by atoms with Crippen LogP contribution in [0.5, 0.6) is 0 Å². The van der Waals surface area contributed by atoms with Crippen molar-refractivity contribution in [3.05, 3.63) is 77.9 Å². The van der Waals surface area contributed by atoms with E-state index in [-0.39, 0.29) is 10.5 Å². The lowest BCUT2D eigenvalue weighted by Crippen LogP contribution is -2.14. The lowest BCUT2D eigenvalue weighted by atomic mass is 10.1. The maximum atomic E-state index is 12.6. The average molecular weight is 425 g/mol. The van der Waals surface area contributed by atoms with Gasteiger partial charge in [-0.25, -0.2) is 18.2 Å². The van der Waals surface area contributed by atoms with E-state index >= 15 is 0 Å². The number of thiazole rings is 1. The Bertz CT molecular complexity index is 1290. The highest BCUT2D eigenvalue weighted by Gasteiger charge is 2.18. The molecule has 4 rings (SSSR count). The summed E-state index contributed by atoms with van der Waals surface area (Å²) in [5.74, 6) is -1.17. The second-order valence-corrected chi connectivity index (χ2v) is 9.16. The van der Waals surface area contributed by atoms with E-state index in [2.05, 4.69) is 9.71 Å². The third-order valence-electron chi connectivity index (χ3n) is 4.43. The van der Waals surface area contributed by atoms with E-state index in [0.29, 0.717) is 11.3 Å². The summed E-state index contributed by atoms with van der Waals surface area (Å²) in [6.45, 7) is 1.62. The van der Waals surface area contributed by atoms with E-state index in [9.17, 15) is 18.3 Å². The number of anilines is 1. The van der Waals surface area contributed by atoms with Gasteiger partial charge in [0.15, 0.2) is 0 Å². The number of nitrogens with zero attached hydrogens (tertiary/aromatic N) is 1. The number of aromatic carboxylic acids is 1. The Kier molecular flexibility index (Phi) is 4.81. The molecule has 0 unspecified atom stereocenters. The summed E-state index contributed by atoms with van der Waals surface area (Å²) in [6.07, 6.45) is 0. The fraction of sp³-hybridized carbons (Fsp3) is 0.0476. The topological polar surface area (TPSA) is 96.4 Å². The Hall–Kier alpha value is -3.23. The van der Waals surface area contributed by atoms with Crippen molar-refractivity contribution in [3.63, 3.8) is 0 Å². The molecule has 0 bridgehead atoms. The number of carboxylic acids is 1. The van der Waals surface area contributed by atoms with Gasteiger partial charge in [-0.2, -0.15) is 0 Å². The monoisotopic (exact) mass is 424 g/mol. The van der Waals surface area contributed by atoms with Gasteiger partial charge in [-0.15, -0.1) is 11.3 Å². The first kappa shape index (κ1) is 19.1. The van der Waals surface area contributed by atoms with Crippen LogP contribution >= 0.6 is 11.3 Å². The third-order valence-corrected chi connectivity index (χ3v) is 6.89. The van der Waals surface area contributed by atoms with Crippen molar-refractivity contribution in [2.24, 2.45) is 0 Å². The maximum Gasteiger partial charge on any atom is 0.335 e.